The molecule has 1 saturated heterocycles. The lowest BCUT2D eigenvalue weighted by molar-refractivity contribution is 0.103. The summed E-state index contributed by atoms with van der Waals surface area (Å²) in [5, 5.41) is 7.65. The predicted molar refractivity (Wildman–Crippen MR) is 77.5 cm³/mol. The van der Waals surface area contributed by atoms with Gasteiger partial charge in [0, 0.05) is 19.1 Å². The van der Waals surface area contributed by atoms with Crippen molar-refractivity contribution >= 4 is 0 Å². The summed E-state index contributed by atoms with van der Waals surface area (Å²) in [6, 6.07) is 0.334. The van der Waals surface area contributed by atoms with E-state index in [0.29, 0.717) is 17.8 Å². The molecule has 2 unspecified atom stereocenters. The fourth-order valence-corrected chi connectivity index (χ4v) is 2.44. The van der Waals surface area contributed by atoms with Crippen LogP contribution >= 0.6 is 0 Å². The van der Waals surface area contributed by atoms with Gasteiger partial charge in [0.1, 0.15) is 6.10 Å². The Kier molecular flexibility index (Phi) is 5.16. The van der Waals surface area contributed by atoms with Crippen molar-refractivity contribution in [1.29, 1.82) is 0 Å². The molecule has 1 aromatic heterocycles. The van der Waals surface area contributed by atoms with Crippen LogP contribution in [-0.2, 0) is 11.2 Å². The van der Waals surface area contributed by atoms with Crippen molar-refractivity contribution in [2.45, 2.75) is 65.5 Å². The summed E-state index contributed by atoms with van der Waals surface area (Å²) < 4.78 is 11.0. The van der Waals surface area contributed by atoms with Crippen molar-refractivity contribution in [3.8, 4) is 0 Å². The molecular weight excluding hydrogens is 254 g/mol. The van der Waals surface area contributed by atoms with Gasteiger partial charge in [-0.15, -0.1) is 0 Å². The van der Waals surface area contributed by atoms with E-state index in [0.717, 1.165) is 38.8 Å². The number of ether oxygens (including phenoxy) is 1. The third kappa shape index (κ3) is 4.03. The quantitative estimate of drug-likeness (QED) is 0.868. The van der Waals surface area contributed by atoms with Gasteiger partial charge >= 0.3 is 0 Å². The maximum Gasteiger partial charge on any atom is 0.228 e. The minimum absolute atomic E-state index is 0.0317. The van der Waals surface area contributed by atoms with Crippen LogP contribution in [0.2, 0.25) is 0 Å². The Bertz CT molecular complexity index is 405. The molecule has 2 heterocycles. The maximum absolute atomic E-state index is 5.59. The Morgan fingerprint density at radius 2 is 2.20 bits per heavy atom. The van der Waals surface area contributed by atoms with E-state index in [1.807, 2.05) is 0 Å². The van der Waals surface area contributed by atoms with Gasteiger partial charge in [-0.05, 0) is 31.2 Å². The Hall–Kier alpha value is -0.940. The molecule has 0 saturated carbocycles. The zero-order valence-corrected chi connectivity index (χ0v) is 13.1. The molecule has 0 spiro atoms. The zero-order chi connectivity index (χ0) is 14.6. The molecule has 0 aromatic carbocycles. The molecule has 0 amide bonds. The topological polar surface area (TPSA) is 60.2 Å². The van der Waals surface area contributed by atoms with Crippen LogP contribution < -0.4 is 5.32 Å². The maximum atomic E-state index is 5.59. The van der Waals surface area contributed by atoms with Crippen LogP contribution in [0.3, 0.4) is 0 Å². The van der Waals surface area contributed by atoms with Crippen LogP contribution in [0, 0.1) is 5.41 Å². The van der Waals surface area contributed by atoms with Crippen molar-refractivity contribution in [3.63, 3.8) is 0 Å². The van der Waals surface area contributed by atoms with Gasteiger partial charge in [-0.3, -0.25) is 0 Å². The van der Waals surface area contributed by atoms with Gasteiger partial charge in [-0.25, -0.2) is 0 Å². The summed E-state index contributed by atoms with van der Waals surface area (Å²) in [7, 11) is 0. The number of hydrogen-bond donors (Lipinski definition) is 1. The van der Waals surface area contributed by atoms with Crippen LogP contribution in [0.15, 0.2) is 4.52 Å². The second kappa shape index (κ2) is 6.68. The average Bonchev–Trinajstić information content (AvgIpc) is 3.03. The van der Waals surface area contributed by atoms with Gasteiger partial charge in [-0.1, -0.05) is 32.9 Å². The molecule has 1 N–H and O–H groups in total. The Labute approximate surface area is 121 Å². The third-order valence-electron chi connectivity index (χ3n) is 3.77. The molecule has 20 heavy (non-hydrogen) atoms. The fraction of sp³-hybridized carbons (Fsp3) is 0.867. The first-order chi connectivity index (χ1) is 9.50. The lowest BCUT2D eigenvalue weighted by Crippen LogP contribution is -2.42. The molecule has 2 rings (SSSR count). The van der Waals surface area contributed by atoms with E-state index < -0.39 is 0 Å². The molecule has 0 bridgehead atoms. The Morgan fingerprint density at radius 3 is 2.80 bits per heavy atom. The van der Waals surface area contributed by atoms with E-state index in [-0.39, 0.29) is 11.5 Å². The lowest BCUT2D eigenvalue weighted by Gasteiger charge is -2.30. The van der Waals surface area contributed by atoms with Crippen LogP contribution in [-0.4, -0.2) is 29.3 Å². The van der Waals surface area contributed by atoms with Gasteiger partial charge in [-0.2, -0.15) is 4.98 Å². The number of hydrogen-bond acceptors (Lipinski definition) is 5. The number of nitrogens with zero attached hydrogens (tertiary/aromatic N) is 2. The molecule has 0 radical (unpaired) electrons. The Balaban J connectivity index is 1.99. The fourth-order valence-electron chi connectivity index (χ4n) is 2.44. The van der Waals surface area contributed by atoms with E-state index in [9.17, 15) is 0 Å². The van der Waals surface area contributed by atoms with E-state index in [2.05, 4.69) is 43.2 Å². The summed E-state index contributed by atoms with van der Waals surface area (Å²) in [6.45, 7) is 10.7. The highest BCUT2D eigenvalue weighted by Gasteiger charge is 2.28. The highest BCUT2D eigenvalue weighted by Crippen LogP contribution is 2.27. The standard InChI is InChI=1S/C15H27N3O2/c1-5-8-16-12(15(2,3)4)10-13-17-14(18-20-13)11-7-6-9-19-11/h11-12,16H,5-10H2,1-4H3. The molecule has 1 aliphatic heterocycles. The van der Waals surface area contributed by atoms with E-state index in [4.69, 9.17) is 9.26 Å². The van der Waals surface area contributed by atoms with Crippen molar-refractivity contribution in [3.05, 3.63) is 11.7 Å². The first kappa shape index (κ1) is 15.4. The highest BCUT2D eigenvalue weighted by atomic mass is 16.5. The molecule has 1 aliphatic rings. The lowest BCUT2D eigenvalue weighted by atomic mass is 9.84. The average molecular weight is 281 g/mol. The Morgan fingerprint density at radius 1 is 1.40 bits per heavy atom. The van der Waals surface area contributed by atoms with Crippen LogP contribution in [0.4, 0.5) is 0 Å². The summed E-state index contributed by atoms with van der Waals surface area (Å²) in [4.78, 5) is 4.51. The number of rotatable bonds is 6. The van der Waals surface area contributed by atoms with Crippen molar-refractivity contribution in [1.82, 2.24) is 15.5 Å². The van der Waals surface area contributed by atoms with Crippen LogP contribution in [0.1, 0.15) is 64.8 Å². The van der Waals surface area contributed by atoms with Crippen molar-refractivity contribution in [2.24, 2.45) is 5.41 Å². The highest BCUT2D eigenvalue weighted by molar-refractivity contribution is 4.96. The predicted octanol–water partition coefficient (Wildman–Crippen LogP) is 2.88. The summed E-state index contributed by atoms with van der Waals surface area (Å²) in [5.74, 6) is 1.42. The monoisotopic (exact) mass is 281 g/mol. The first-order valence-electron chi connectivity index (χ1n) is 7.68. The van der Waals surface area contributed by atoms with Gasteiger partial charge in [0.05, 0.1) is 0 Å². The number of aromatic nitrogens is 2. The normalized spacial score (nSPS) is 21.3. The molecular formula is C15H27N3O2. The summed E-state index contributed by atoms with van der Waals surface area (Å²) >= 11 is 0. The minimum atomic E-state index is 0.0317. The van der Waals surface area contributed by atoms with Crippen LogP contribution in [0.5, 0.6) is 0 Å². The summed E-state index contributed by atoms with van der Waals surface area (Å²) in [5.41, 5.74) is 0.160. The molecule has 1 aromatic rings. The van der Waals surface area contributed by atoms with E-state index in [1.54, 1.807) is 0 Å². The molecule has 5 nitrogen and oxygen atoms in total. The van der Waals surface area contributed by atoms with Crippen molar-refractivity contribution in [2.75, 3.05) is 13.2 Å². The second-order valence-corrected chi connectivity index (χ2v) is 6.62. The number of nitrogens with one attached hydrogen (secondary N) is 1. The zero-order valence-electron chi connectivity index (χ0n) is 13.1. The van der Waals surface area contributed by atoms with E-state index >= 15 is 0 Å². The molecule has 5 heteroatoms. The molecule has 1 fully saturated rings. The van der Waals surface area contributed by atoms with Crippen LogP contribution in [0.25, 0.3) is 0 Å². The van der Waals surface area contributed by atoms with Gasteiger partial charge in [0.2, 0.25) is 11.7 Å². The van der Waals surface area contributed by atoms with Gasteiger partial charge in [0.15, 0.2) is 0 Å². The SMILES string of the molecule is CCCNC(Cc1nc(C2CCCO2)no1)C(C)(C)C. The van der Waals surface area contributed by atoms with E-state index in [1.165, 1.54) is 0 Å². The first-order valence-corrected chi connectivity index (χ1v) is 7.68. The third-order valence-corrected chi connectivity index (χ3v) is 3.77. The smallest absolute Gasteiger partial charge is 0.228 e. The van der Waals surface area contributed by atoms with Crippen molar-refractivity contribution < 1.29 is 9.26 Å². The molecule has 0 aliphatic carbocycles. The molecule has 2 atom stereocenters. The second-order valence-electron chi connectivity index (χ2n) is 6.62. The van der Waals surface area contributed by atoms with Gasteiger partial charge in [0.25, 0.3) is 0 Å². The molecule has 114 valence electrons. The van der Waals surface area contributed by atoms with Gasteiger partial charge < -0.3 is 14.6 Å². The largest absolute Gasteiger partial charge is 0.370 e. The minimum Gasteiger partial charge on any atom is -0.370 e. The summed E-state index contributed by atoms with van der Waals surface area (Å²) in [6.07, 6.45) is 4.00.